The van der Waals surface area contributed by atoms with Gasteiger partial charge in [-0.2, -0.15) is 5.26 Å². The molecule has 0 unspecified atom stereocenters. The number of rotatable bonds is 6. The predicted molar refractivity (Wildman–Crippen MR) is 82.6 cm³/mol. The average molecular weight is 346 g/mol. The van der Waals surface area contributed by atoms with Gasteiger partial charge in [-0.15, -0.1) is 0 Å². The second kappa shape index (κ2) is 8.40. The molecule has 1 amide bonds. The van der Waals surface area contributed by atoms with Crippen LogP contribution in [0.2, 0.25) is 0 Å². The zero-order chi connectivity index (χ0) is 18.2. The summed E-state index contributed by atoms with van der Waals surface area (Å²) in [5.41, 5.74) is -0.384. The summed E-state index contributed by atoms with van der Waals surface area (Å²) in [6.45, 7) is -1.27. The van der Waals surface area contributed by atoms with Crippen LogP contribution in [0.1, 0.15) is 5.56 Å². The highest BCUT2D eigenvalue weighted by Gasteiger charge is 2.14. The fourth-order valence-electron chi connectivity index (χ4n) is 1.80. The maximum Gasteiger partial charge on any atom is 0.344 e. The number of amides is 1. The Balaban J connectivity index is 1.82. The normalized spacial score (nSPS) is 9.80. The van der Waals surface area contributed by atoms with Gasteiger partial charge in [-0.3, -0.25) is 4.79 Å². The van der Waals surface area contributed by atoms with Gasteiger partial charge in [0.05, 0.1) is 5.56 Å². The van der Waals surface area contributed by atoms with Gasteiger partial charge in [0.25, 0.3) is 5.91 Å². The quantitative estimate of drug-likeness (QED) is 0.812. The summed E-state index contributed by atoms with van der Waals surface area (Å²) in [7, 11) is 0. The van der Waals surface area contributed by atoms with Gasteiger partial charge in [-0.05, 0) is 24.3 Å². The molecular weight excluding hydrogens is 334 g/mol. The number of carbonyl (C=O) groups is 2. The number of ether oxygens (including phenoxy) is 2. The lowest BCUT2D eigenvalue weighted by molar-refractivity contribution is -0.149. The summed E-state index contributed by atoms with van der Waals surface area (Å²) < 4.78 is 36.5. The lowest BCUT2D eigenvalue weighted by Gasteiger charge is -2.09. The van der Waals surface area contributed by atoms with Crippen LogP contribution in [0.25, 0.3) is 0 Å². The molecule has 6 nitrogen and oxygen atoms in total. The van der Waals surface area contributed by atoms with E-state index in [2.05, 4.69) is 4.74 Å². The van der Waals surface area contributed by atoms with Crippen LogP contribution in [-0.4, -0.2) is 25.1 Å². The van der Waals surface area contributed by atoms with Crippen molar-refractivity contribution in [3.05, 3.63) is 59.7 Å². The zero-order valence-corrected chi connectivity index (χ0v) is 12.8. The number of hydrogen-bond acceptors (Lipinski definition) is 5. The van der Waals surface area contributed by atoms with Crippen molar-refractivity contribution in [2.75, 3.05) is 18.5 Å². The van der Waals surface area contributed by atoms with Crippen LogP contribution in [0.15, 0.2) is 42.5 Å². The molecule has 8 heteroatoms. The van der Waals surface area contributed by atoms with E-state index in [-0.39, 0.29) is 11.3 Å². The molecule has 0 heterocycles. The van der Waals surface area contributed by atoms with E-state index in [0.29, 0.717) is 0 Å². The molecule has 0 saturated heterocycles. The number of nitrogens with one attached hydrogen (secondary N) is 1. The van der Waals surface area contributed by atoms with E-state index >= 15 is 0 Å². The topological polar surface area (TPSA) is 88.4 Å². The SMILES string of the molecule is N#Cc1ccccc1OCC(=O)OCC(=O)Nc1c(F)cccc1F. The van der Waals surface area contributed by atoms with Crippen molar-refractivity contribution in [1.82, 2.24) is 0 Å². The Morgan fingerprint density at radius 3 is 2.40 bits per heavy atom. The third-order valence-electron chi connectivity index (χ3n) is 2.94. The predicted octanol–water partition coefficient (Wildman–Crippen LogP) is 2.40. The Kier molecular flexibility index (Phi) is 6.01. The Morgan fingerprint density at radius 2 is 1.72 bits per heavy atom. The van der Waals surface area contributed by atoms with Crippen LogP contribution in [-0.2, 0) is 14.3 Å². The Hall–Kier alpha value is -3.47. The van der Waals surface area contributed by atoms with Gasteiger partial charge in [0.1, 0.15) is 29.1 Å². The molecule has 25 heavy (non-hydrogen) atoms. The number of esters is 1. The summed E-state index contributed by atoms with van der Waals surface area (Å²) in [6, 6.07) is 11.3. The van der Waals surface area contributed by atoms with Crippen LogP contribution in [0.5, 0.6) is 5.75 Å². The first-order chi connectivity index (χ1) is 12.0. The number of halogens is 2. The number of benzene rings is 2. The first kappa shape index (κ1) is 17.9. The Bertz CT molecular complexity index is 813. The molecule has 128 valence electrons. The van der Waals surface area contributed by atoms with Crippen LogP contribution in [0.3, 0.4) is 0 Å². The minimum Gasteiger partial charge on any atom is -0.481 e. The van der Waals surface area contributed by atoms with Gasteiger partial charge in [0.15, 0.2) is 13.2 Å². The van der Waals surface area contributed by atoms with Gasteiger partial charge >= 0.3 is 5.97 Å². The average Bonchev–Trinajstić information content (AvgIpc) is 2.61. The van der Waals surface area contributed by atoms with Crippen molar-refractivity contribution in [3.8, 4) is 11.8 Å². The fourth-order valence-corrected chi connectivity index (χ4v) is 1.80. The molecule has 1 N–H and O–H groups in total. The van der Waals surface area contributed by atoms with Crippen molar-refractivity contribution < 1.29 is 27.8 Å². The minimum atomic E-state index is -0.948. The van der Waals surface area contributed by atoms with Crippen molar-refractivity contribution in [2.45, 2.75) is 0 Å². The summed E-state index contributed by atoms with van der Waals surface area (Å²) in [6.07, 6.45) is 0. The van der Waals surface area contributed by atoms with Gasteiger partial charge in [0, 0.05) is 0 Å². The molecule has 2 aromatic rings. The van der Waals surface area contributed by atoms with Crippen LogP contribution in [0.4, 0.5) is 14.5 Å². The second-order valence-electron chi connectivity index (χ2n) is 4.70. The molecule has 0 bridgehead atoms. The van der Waals surface area contributed by atoms with E-state index in [9.17, 15) is 18.4 Å². The van der Waals surface area contributed by atoms with E-state index in [1.807, 2.05) is 11.4 Å². The standard InChI is InChI=1S/C17H12F2N2O4/c18-12-5-3-6-13(19)17(12)21-15(22)9-25-16(23)10-24-14-7-2-1-4-11(14)8-20/h1-7H,9-10H2,(H,21,22). The zero-order valence-electron chi connectivity index (χ0n) is 12.8. The third-order valence-corrected chi connectivity index (χ3v) is 2.94. The number of carbonyl (C=O) groups excluding carboxylic acids is 2. The first-order valence-electron chi connectivity index (χ1n) is 7.02. The molecule has 0 aliphatic carbocycles. The van der Waals surface area contributed by atoms with Crippen molar-refractivity contribution >= 4 is 17.6 Å². The fraction of sp³-hybridized carbons (Fsp3) is 0.118. The summed E-state index contributed by atoms with van der Waals surface area (Å²) in [4.78, 5) is 23.1. The molecule has 2 rings (SSSR count). The van der Waals surface area contributed by atoms with Gasteiger partial charge in [0.2, 0.25) is 0 Å². The smallest absolute Gasteiger partial charge is 0.344 e. The monoisotopic (exact) mass is 346 g/mol. The van der Waals surface area contributed by atoms with Gasteiger partial charge < -0.3 is 14.8 Å². The van der Waals surface area contributed by atoms with Crippen LogP contribution in [0, 0.1) is 23.0 Å². The highest BCUT2D eigenvalue weighted by Crippen LogP contribution is 2.18. The molecular formula is C17H12F2N2O4. The minimum absolute atomic E-state index is 0.194. The van der Waals surface area contributed by atoms with Crippen LogP contribution < -0.4 is 10.1 Å². The number of anilines is 1. The Morgan fingerprint density at radius 1 is 1.04 bits per heavy atom. The lowest BCUT2D eigenvalue weighted by Crippen LogP contribution is -2.24. The Labute approximate surface area is 141 Å². The molecule has 0 saturated carbocycles. The molecule has 0 aliphatic heterocycles. The van der Waals surface area contributed by atoms with Crippen molar-refractivity contribution in [3.63, 3.8) is 0 Å². The highest BCUT2D eigenvalue weighted by molar-refractivity contribution is 5.93. The molecule has 0 spiro atoms. The number of nitriles is 1. The number of hydrogen-bond donors (Lipinski definition) is 1. The van der Waals surface area contributed by atoms with E-state index in [4.69, 9.17) is 10.00 Å². The van der Waals surface area contributed by atoms with E-state index < -0.39 is 42.4 Å². The summed E-state index contributed by atoms with van der Waals surface area (Å²) in [5, 5.41) is 10.9. The van der Waals surface area contributed by atoms with Crippen molar-refractivity contribution in [1.29, 1.82) is 5.26 Å². The molecule has 0 fully saturated rings. The molecule has 0 atom stereocenters. The van der Waals surface area contributed by atoms with Gasteiger partial charge in [-0.25, -0.2) is 13.6 Å². The van der Waals surface area contributed by atoms with E-state index in [1.165, 1.54) is 12.1 Å². The first-order valence-corrected chi connectivity index (χ1v) is 7.02. The molecule has 0 aromatic heterocycles. The molecule has 0 aliphatic rings. The lowest BCUT2D eigenvalue weighted by atomic mass is 10.2. The second-order valence-corrected chi connectivity index (χ2v) is 4.70. The largest absolute Gasteiger partial charge is 0.481 e. The maximum atomic E-state index is 13.4. The van der Waals surface area contributed by atoms with Crippen molar-refractivity contribution in [2.24, 2.45) is 0 Å². The number of nitrogens with zero attached hydrogens (tertiary/aromatic N) is 1. The summed E-state index contributed by atoms with van der Waals surface area (Å²) in [5.74, 6) is -3.49. The highest BCUT2D eigenvalue weighted by atomic mass is 19.1. The van der Waals surface area contributed by atoms with Crippen LogP contribution >= 0.6 is 0 Å². The van der Waals surface area contributed by atoms with E-state index in [1.54, 1.807) is 12.1 Å². The summed E-state index contributed by atoms with van der Waals surface area (Å²) >= 11 is 0. The maximum absolute atomic E-state index is 13.4. The molecule has 2 aromatic carbocycles. The molecule has 0 radical (unpaired) electrons. The van der Waals surface area contributed by atoms with Gasteiger partial charge in [-0.1, -0.05) is 18.2 Å². The van der Waals surface area contributed by atoms with E-state index in [0.717, 1.165) is 18.2 Å². The number of para-hydroxylation sites is 2. The third kappa shape index (κ3) is 5.00.